The van der Waals surface area contributed by atoms with Gasteiger partial charge in [-0.15, -0.1) is 0 Å². The molecule has 1 heteroatoms. The van der Waals surface area contributed by atoms with Crippen LogP contribution in [0.4, 0.5) is 0 Å². The Balaban J connectivity index is 2.02. The summed E-state index contributed by atoms with van der Waals surface area (Å²) in [6.45, 7) is 5.68. The zero-order valence-electron chi connectivity index (χ0n) is 20.1. The third-order valence-corrected chi connectivity index (χ3v) is 5.77. The molecule has 1 heterocycles. The van der Waals surface area contributed by atoms with Crippen molar-refractivity contribution < 1.29 is 10.1 Å². The minimum Gasteiger partial charge on any atom is -0.201 e. The largest absolute Gasteiger partial charge is 0.212 e. The highest BCUT2D eigenvalue weighted by Crippen LogP contribution is 2.53. The molecule has 4 rings (SSSR count). The predicted octanol–water partition coefficient (Wildman–Crippen LogP) is 5.92. The molecule has 0 radical (unpaired) electrons. The molecule has 0 spiro atoms. The Morgan fingerprint density at radius 1 is 1.08 bits per heavy atom. The number of rotatable bonds is 2. The predicted molar refractivity (Wildman–Crippen MR) is 109 cm³/mol. The normalized spacial score (nSPS) is 19.4. The van der Waals surface area contributed by atoms with Gasteiger partial charge < -0.3 is 0 Å². The molecule has 0 amide bonds. The van der Waals surface area contributed by atoms with Gasteiger partial charge in [0.1, 0.15) is 7.05 Å². The molecule has 0 aliphatic heterocycles. The van der Waals surface area contributed by atoms with Gasteiger partial charge in [0, 0.05) is 23.0 Å². The molecule has 0 bridgehead atoms. The molecule has 1 unspecified atom stereocenters. The van der Waals surface area contributed by atoms with Gasteiger partial charge in [-0.2, -0.15) is 0 Å². The summed E-state index contributed by atoms with van der Waals surface area (Å²) in [5, 5.41) is 0. The van der Waals surface area contributed by atoms with Gasteiger partial charge in [0.15, 0.2) is 6.20 Å². The van der Waals surface area contributed by atoms with Crippen LogP contribution in [0.5, 0.6) is 0 Å². The third-order valence-electron chi connectivity index (χ3n) is 5.77. The van der Waals surface area contributed by atoms with Crippen molar-refractivity contribution in [1.82, 2.24) is 0 Å². The van der Waals surface area contributed by atoms with Crippen molar-refractivity contribution in [3.8, 4) is 22.4 Å². The van der Waals surface area contributed by atoms with E-state index in [1.54, 1.807) is 0 Å². The van der Waals surface area contributed by atoms with Crippen LogP contribution >= 0.6 is 0 Å². The highest BCUT2D eigenvalue weighted by Gasteiger charge is 2.39. The maximum atomic E-state index is 8.54. The second-order valence-electron chi connectivity index (χ2n) is 7.89. The molecule has 1 nitrogen and oxygen atoms in total. The van der Waals surface area contributed by atoms with Crippen LogP contribution in [0.15, 0.2) is 54.7 Å². The van der Waals surface area contributed by atoms with Crippen molar-refractivity contribution in [2.24, 2.45) is 7.05 Å². The SMILES string of the molecule is [2H]C([2H])([2H])C([2H])(C)c1ccc2c(c1)-c1ccc(C)c(-c3cccc[n+]3C)c1C2(C)C. The van der Waals surface area contributed by atoms with E-state index in [2.05, 4.69) is 62.8 Å². The van der Waals surface area contributed by atoms with Gasteiger partial charge in [0.05, 0.1) is 5.56 Å². The second kappa shape index (κ2) is 5.81. The minimum atomic E-state index is -2.39. The molecule has 0 fully saturated rings. The van der Waals surface area contributed by atoms with Crippen LogP contribution in [0.25, 0.3) is 22.4 Å². The van der Waals surface area contributed by atoms with Crippen LogP contribution < -0.4 is 4.57 Å². The molecule has 0 saturated heterocycles. The first-order chi connectivity index (χ1) is 13.9. The fourth-order valence-electron chi connectivity index (χ4n) is 4.37. The molecule has 132 valence electrons. The molecular formula is C25H28N+. The summed E-state index contributed by atoms with van der Waals surface area (Å²) in [6.07, 6.45) is 2.06. The van der Waals surface area contributed by atoms with Gasteiger partial charge in [-0.1, -0.05) is 58.0 Å². The van der Waals surface area contributed by atoms with Crippen molar-refractivity contribution in [3.05, 3.63) is 77.0 Å². The molecule has 0 saturated carbocycles. The highest BCUT2D eigenvalue weighted by molar-refractivity contribution is 5.88. The fraction of sp³-hybridized carbons (Fsp3) is 0.320. The highest BCUT2D eigenvalue weighted by atomic mass is 14.9. The first-order valence-corrected chi connectivity index (χ1v) is 9.12. The maximum Gasteiger partial charge on any atom is 0.212 e. The van der Waals surface area contributed by atoms with E-state index in [0.29, 0.717) is 5.56 Å². The van der Waals surface area contributed by atoms with Crippen molar-refractivity contribution in [2.45, 2.75) is 45.9 Å². The lowest BCUT2D eigenvalue weighted by Crippen LogP contribution is -2.31. The van der Waals surface area contributed by atoms with Crippen molar-refractivity contribution in [2.75, 3.05) is 0 Å². The number of aryl methyl sites for hydroxylation is 2. The average molecular weight is 347 g/mol. The molecule has 0 N–H and O–H groups in total. The van der Waals surface area contributed by atoms with E-state index in [9.17, 15) is 0 Å². The van der Waals surface area contributed by atoms with Crippen LogP contribution in [0, 0.1) is 6.92 Å². The van der Waals surface area contributed by atoms with E-state index in [1.165, 1.54) is 29.2 Å². The Bertz CT molecular complexity index is 1160. The number of nitrogens with zero attached hydrogens (tertiary/aromatic N) is 1. The molecular weight excluding hydrogens is 314 g/mol. The summed E-state index contributed by atoms with van der Waals surface area (Å²) < 4.78 is 34.2. The standard InChI is InChI=1S/C25H28N/c1-16(2)18-11-13-21-20(15-18)19-12-10-17(3)23(24(19)25(21,4)5)22-9-7-8-14-26(22)6/h7-16H,1-6H3/q+1/i1D3,16D. The molecule has 1 aliphatic carbocycles. The first kappa shape index (κ1) is 12.9. The Morgan fingerprint density at radius 2 is 1.88 bits per heavy atom. The molecule has 3 aromatic rings. The quantitative estimate of drug-likeness (QED) is 0.507. The third kappa shape index (κ3) is 2.34. The monoisotopic (exact) mass is 346 g/mol. The number of aromatic nitrogens is 1. The van der Waals surface area contributed by atoms with Crippen molar-refractivity contribution in [1.29, 1.82) is 0 Å². The number of hydrogen-bond acceptors (Lipinski definition) is 0. The fourth-order valence-corrected chi connectivity index (χ4v) is 4.37. The van der Waals surface area contributed by atoms with Gasteiger partial charge in [-0.05, 0) is 52.3 Å². The Kier molecular flexibility index (Phi) is 2.87. The molecule has 1 aliphatic rings. The summed E-state index contributed by atoms with van der Waals surface area (Å²) in [5.74, 6) is -1.66. The van der Waals surface area contributed by atoms with Gasteiger partial charge in [0.2, 0.25) is 5.69 Å². The van der Waals surface area contributed by atoms with E-state index >= 15 is 0 Å². The lowest BCUT2D eigenvalue weighted by molar-refractivity contribution is -0.660. The number of benzene rings is 2. The van der Waals surface area contributed by atoms with E-state index in [4.69, 9.17) is 5.48 Å². The number of fused-ring (bicyclic) bond motifs is 3. The first-order valence-electron chi connectivity index (χ1n) is 11.1. The number of pyridine rings is 1. The van der Waals surface area contributed by atoms with E-state index in [-0.39, 0.29) is 5.41 Å². The molecule has 1 aromatic heterocycles. The summed E-state index contributed by atoms with van der Waals surface area (Å²) in [5.41, 5.74) is 8.49. The van der Waals surface area contributed by atoms with Crippen LogP contribution in [-0.2, 0) is 12.5 Å². The lowest BCUT2D eigenvalue weighted by Gasteiger charge is -2.24. The van der Waals surface area contributed by atoms with Crippen LogP contribution in [0.3, 0.4) is 0 Å². The zero-order valence-corrected chi connectivity index (χ0v) is 16.1. The van der Waals surface area contributed by atoms with E-state index in [0.717, 1.165) is 16.8 Å². The summed E-state index contributed by atoms with van der Waals surface area (Å²) in [7, 11) is 2.06. The van der Waals surface area contributed by atoms with Crippen LogP contribution in [-0.4, -0.2) is 0 Å². The molecule has 26 heavy (non-hydrogen) atoms. The van der Waals surface area contributed by atoms with Crippen LogP contribution in [0.1, 0.15) is 61.3 Å². The topological polar surface area (TPSA) is 3.88 Å². The van der Waals surface area contributed by atoms with Crippen molar-refractivity contribution >= 4 is 0 Å². The lowest BCUT2D eigenvalue weighted by atomic mass is 9.78. The number of hydrogen-bond donors (Lipinski definition) is 0. The Labute approximate surface area is 163 Å². The van der Waals surface area contributed by atoms with Crippen molar-refractivity contribution in [3.63, 3.8) is 0 Å². The Hall–Kier alpha value is -2.41. The zero-order chi connectivity index (χ0) is 22.1. The second-order valence-corrected chi connectivity index (χ2v) is 7.89. The van der Waals surface area contributed by atoms with Gasteiger partial charge in [-0.3, -0.25) is 0 Å². The van der Waals surface area contributed by atoms with Gasteiger partial charge in [-0.25, -0.2) is 4.57 Å². The summed E-state index contributed by atoms with van der Waals surface area (Å²) in [6, 6.07) is 16.3. The smallest absolute Gasteiger partial charge is 0.201 e. The Morgan fingerprint density at radius 3 is 2.62 bits per heavy atom. The molecule has 2 aromatic carbocycles. The summed E-state index contributed by atoms with van der Waals surface area (Å²) >= 11 is 0. The van der Waals surface area contributed by atoms with Gasteiger partial charge >= 0.3 is 0 Å². The summed E-state index contributed by atoms with van der Waals surface area (Å²) in [4.78, 5) is 0. The maximum absolute atomic E-state index is 8.54. The molecule has 1 atom stereocenters. The average Bonchev–Trinajstić information content (AvgIpc) is 2.89. The van der Waals surface area contributed by atoms with Gasteiger partial charge in [0.25, 0.3) is 0 Å². The minimum absolute atomic E-state index is 0.230. The van der Waals surface area contributed by atoms with E-state index in [1.807, 2.05) is 24.3 Å². The van der Waals surface area contributed by atoms with Crippen LogP contribution in [0.2, 0.25) is 0 Å². The van der Waals surface area contributed by atoms with E-state index < -0.39 is 12.7 Å².